The maximum Gasteiger partial charge on any atom is 0.257 e. The lowest BCUT2D eigenvalue weighted by Gasteiger charge is -2.18. The second-order valence-electron chi connectivity index (χ2n) is 6.36. The van der Waals surface area contributed by atoms with E-state index in [0.29, 0.717) is 5.56 Å². The minimum atomic E-state index is -0.145. The predicted octanol–water partition coefficient (Wildman–Crippen LogP) is 2.83. The van der Waals surface area contributed by atoms with E-state index in [1.807, 2.05) is 12.1 Å². The van der Waals surface area contributed by atoms with E-state index in [1.165, 1.54) is 12.1 Å². The van der Waals surface area contributed by atoms with Crippen molar-refractivity contribution in [3.05, 3.63) is 54.5 Å². The van der Waals surface area contributed by atoms with Crippen molar-refractivity contribution in [2.45, 2.75) is 13.3 Å². The topological polar surface area (TPSA) is 62.5 Å². The lowest BCUT2D eigenvalue weighted by Crippen LogP contribution is -2.19. The van der Waals surface area contributed by atoms with Crippen molar-refractivity contribution in [2.24, 2.45) is 5.92 Å². The normalized spacial score (nSPS) is 17.4. The fourth-order valence-corrected chi connectivity index (χ4v) is 3.09. The van der Waals surface area contributed by atoms with E-state index in [4.69, 9.17) is 0 Å². The number of hydrogen-bond acceptors (Lipinski definition) is 4. The number of nitrogens with zero attached hydrogens (tertiary/aromatic N) is 4. The Bertz CT molecular complexity index is 871. The molecule has 0 bridgehead atoms. The first-order valence-electron chi connectivity index (χ1n) is 8.15. The molecule has 0 spiro atoms. The number of benzene rings is 1. The quantitative estimate of drug-likeness (QED) is 0.806. The van der Waals surface area contributed by atoms with Crippen LogP contribution in [0.25, 0.3) is 5.65 Å². The fraction of sp³-hybridized carbons (Fsp3) is 0.278. The maximum atomic E-state index is 12.4. The average molecular weight is 321 g/mol. The number of nitrogens with one attached hydrogen (secondary N) is 1. The zero-order valence-corrected chi connectivity index (χ0v) is 13.5. The first-order valence-corrected chi connectivity index (χ1v) is 8.15. The standard InChI is InChI=1S/C18H19N5O/c1-13-8-9-22(10-13)16-5-3-15(4-6-16)20-18(24)14-2-7-17-21-19-12-23(17)11-14/h2-7,11-13H,8-10H2,1H3,(H,20,24)/t13-/m1/s1. The molecule has 1 fully saturated rings. The van der Waals surface area contributed by atoms with Crippen molar-refractivity contribution in [1.29, 1.82) is 0 Å². The Morgan fingerprint density at radius 3 is 2.79 bits per heavy atom. The Morgan fingerprint density at radius 1 is 1.21 bits per heavy atom. The van der Waals surface area contributed by atoms with E-state index in [-0.39, 0.29) is 5.91 Å². The van der Waals surface area contributed by atoms with Gasteiger partial charge in [-0.05, 0) is 48.7 Å². The van der Waals surface area contributed by atoms with Crippen molar-refractivity contribution in [1.82, 2.24) is 14.6 Å². The largest absolute Gasteiger partial charge is 0.371 e. The third-order valence-electron chi connectivity index (χ3n) is 4.47. The van der Waals surface area contributed by atoms with Crippen LogP contribution in [0.4, 0.5) is 11.4 Å². The molecule has 122 valence electrons. The summed E-state index contributed by atoms with van der Waals surface area (Å²) in [5.74, 6) is 0.602. The molecule has 6 heteroatoms. The molecule has 6 nitrogen and oxygen atoms in total. The van der Waals surface area contributed by atoms with Crippen LogP contribution in [0.5, 0.6) is 0 Å². The van der Waals surface area contributed by atoms with Gasteiger partial charge in [-0.15, -0.1) is 10.2 Å². The summed E-state index contributed by atoms with van der Waals surface area (Å²) in [4.78, 5) is 14.8. The van der Waals surface area contributed by atoms with Gasteiger partial charge in [-0.2, -0.15) is 0 Å². The lowest BCUT2D eigenvalue weighted by atomic mass is 10.2. The summed E-state index contributed by atoms with van der Waals surface area (Å²) in [6, 6.07) is 11.6. The third kappa shape index (κ3) is 2.82. The monoisotopic (exact) mass is 321 g/mol. The molecule has 0 radical (unpaired) electrons. The molecular formula is C18H19N5O. The van der Waals surface area contributed by atoms with Crippen LogP contribution in [-0.4, -0.2) is 33.6 Å². The molecule has 1 atom stereocenters. The Balaban J connectivity index is 1.47. The molecule has 3 heterocycles. The Kier molecular flexibility index (Phi) is 3.65. The Morgan fingerprint density at radius 2 is 2.04 bits per heavy atom. The van der Waals surface area contributed by atoms with E-state index in [9.17, 15) is 4.79 Å². The lowest BCUT2D eigenvalue weighted by molar-refractivity contribution is 0.102. The van der Waals surface area contributed by atoms with E-state index >= 15 is 0 Å². The maximum absolute atomic E-state index is 12.4. The Hall–Kier alpha value is -2.89. The van der Waals surface area contributed by atoms with Crippen LogP contribution in [0.1, 0.15) is 23.7 Å². The molecule has 3 aromatic rings. The van der Waals surface area contributed by atoms with Gasteiger partial charge in [-0.3, -0.25) is 9.20 Å². The zero-order valence-electron chi connectivity index (χ0n) is 13.5. The van der Waals surface area contributed by atoms with Crippen LogP contribution in [0, 0.1) is 5.92 Å². The highest BCUT2D eigenvalue weighted by Crippen LogP contribution is 2.24. The number of hydrogen-bond donors (Lipinski definition) is 1. The summed E-state index contributed by atoms with van der Waals surface area (Å²) in [6.45, 7) is 4.48. The summed E-state index contributed by atoms with van der Waals surface area (Å²) >= 11 is 0. The van der Waals surface area contributed by atoms with Crippen LogP contribution in [0.15, 0.2) is 48.9 Å². The number of carbonyl (C=O) groups is 1. The van der Waals surface area contributed by atoms with Gasteiger partial charge in [0.15, 0.2) is 5.65 Å². The summed E-state index contributed by atoms with van der Waals surface area (Å²) in [7, 11) is 0. The molecule has 1 amide bonds. The fourth-order valence-electron chi connectivity index (χ4n) is 3.09. The van der Waals surface area contributed by atoms with Gasteiger partial charge < -0.3 is 10.2 Å². The highest BCUT2D eigenvalue weighted by molar-refractivity contribution is 6.04. The number of fused-ring (bicyclic) bond motifs is 1. The van der Waals surface area contributed by atoms with E-state index in [2.05, 4.69) is 39.5 Å². The van der Waals surface area contributed by atoms with Crippen molar-refractivity contribution in [3.63, 3.8) is 0 Å². The first-order chi connectivity index (χ1) is 11.7. The van der Waals surface area contributed by atoms with Gasteiger partial charge in [0.2, 0.25) is 0 Å². The zero-order chi connectivity index (χ0) is 16.5. The SMILES string of the molecule is C[C@@H]1CCN(c2ccc(NC(=O)c3ccc4nncn4c3)cc2)C1. The average Bonchev–Trinajstić information content (AvgIpc) is 3.23. The van der Waals surface area contributed by atoms with E-state index < -0.39 is 0 Å². The summed E-state index contributed by atoms with van der Waals surface area (Å²) < 4.78 is 1.73. The third-order valence-corrected chi connectivity index (χ3v) is 4.47. The molecule has 1 saturated heterocycles. The van der Waals surface area contributed by atoms with Gasteiger partial charge in [0, 0.05) is 30.7 Å². The van der Waals surface area contributed by atoms with Gasteiger partial charge in [0.1, 0.15) is 6.33 Å². The van der Waals surface area contributed by atoms with E-state index in [0.717, 1.165) is 30.3 Å². The first kappa shape index (κ1) is 14.7. The van der Waals surface area contributed by atoms with Gasteiger partial charge in [-0.1, -0.05) is 6.92 Å². The number of pyridine rings is 1. The molecule has 0 unspecified atom stereocenters. The van der Waals surface area contributed by atoms with E-state index in [1.54, 1.807) is 29.1 Å². The number of anilines is 2. The smallest absolute Gasteiger partial charge is 0.257 e. The van der Waals surface area contributed by atoms with Crippen molar-refractivity contribution in [2.75, 3.05) is 23.3 Å². The number of amides is 1. The van der Waals surface area contributed by atoms with Crippen LogP contribution in [0.3, 0.4) is 0 Å². The summed E-state index contributed by atoms with van der Waals surface area (Å²) in [5.41, 5.74) is 3.29. The summed E-state index contributed by atoms with van der Waals surface area (Å²) in [5, 5.41) is 10.7. The van der Waals surface area contributed by atoms with Crippen molar-refractivity contribution < 1.29 is 4.79 Å². The molecule has 1 aliphatic heterocycles. The highest BCUT2D eigenvalue weighted by Gasteiger charge is 2.18. The van der Waals surface area contributed by atoms with Gasteiger partial charge in [0.25, 0.3) is 5.91 Å². The predicted molar refractivity (Wildman–Crippen MR) is 93.4 cm³/mol. The van der Waals surface area contributed by atoms with Crippen LogP contribution in [-0.2, 0) is 0 Å². The molecule has 2 aromatic heterocycles. The molecule has 0 aliphatic carbocycles. The number of aromatic nitrogens is 3. The molecule has 0 saturated carbocycles. The molecule has 4 rings (SSSR count). The van der Waals surface area contributed by atoms with Gasteiger partial charge in [0.05, 0.1) is 5.56 Å². The molecule has 1 aromatic carbocycles. The number of rotatable bonds is 3. The van der Waals surface area contributed by atoms with Crippen LogP contribution in [0.2, 0.25) is 0 Å². The van der Waals surface area contributed by atoms with Crippen LogP contribution < -0.4 is 10.2 Å². The van der Waals surface area contributed by atoms with Gasteiger partial charge >= 0.3 is 0 Å². The van der Waals surface area contributed by atoms with Gasteiger partial charge in [-0.25, -0.2) is 0 Å². The van der Waals surface area contributed by atoms with Crippen LogP contribution >= 0.6 is 0 Å². The summed E-state index contributed by atoms with van der Waals surface area (Å²) in [6.07, 6.45) is 4.55. The minimum Gasteiger partial charge on any atom is -0.371 e. The molecule has 1 N–H and O–H groups in total. The molecule has 24 heavy (non-hydrogen) atoms. The second-order valence-corrected chi connectivity index (χ2v) is 6.36. The Labute approximate surface area is 140 Å². The highest BCUT2D eigenvalue weighted by atomic mass is 16.1. The van der Waals surface area contributed by atoms with Crippen molar-refractivity contribution in [3.8, 4) is 0 Å². The molecule has 1 aliphatic rings. The van der Waals surface area contributed by atoms with Crippen molar-refractivity contribution >= 4 is 22.9 Å². The second kappa shape index (κ2) is 5.96. The minimum absolute atomic E-state index is 0.145. The number of carbonyl (C=O) groups excluding carboxylic acids is 1. The molecular weight excluding hydrogens is 302 g/mol.